The van der Waals surface area contributed by atoms with Crippen LogP contribution in [-0.4, -0.2) is 4.98 Å². The number of pyridine rings is 1. The fourth-order valence-corrected chi connectivity index (χ4v) is 1.72. The minimum absolute atomic E-state index is 0.221. The van der Waals surface area contributed by atoms with Crippen LogP contribution in [0.1, 0.15) is 22.1 Å². The van der Waals surface area contributed by atoms with Crippen LogP contribution in [0.3, 0.4) is 0 Å². The third kappa shape index (κ3) is 2.21. The first-order valence-electron chi connectivity index (χ1n) is 4.85. The maximum atomic E-state index is 8.69. The van der Waals surface area contributed by atoms with Crippen LogP contribution in [0.4, 0.5) is 0 Å². The summed E-state index contributed by atoms with van der Waals surface area (Å²) in [6.45, 7) is 0. The molecule has 2 aromatic rings. The van der Waals surface area contributed by atoms with E-state index in [9.17, 15) is 0 Å². The molecule has 0 bridgehead atoms. The minimum atomic E-state index is -0.221. The summed E-state index contributed by atoms with van der Waals surface area (Å²) >= 11 is 6.30. The van der Waals surface area contributed by atoms with E-state index in [1.54, 1.807) is 24.5 Å². The van der Waals surface area contributed by atoms with Gasteiger partial charge in [0.1, 0.15) is 0 Å². The van der Waals surface area contributed by atoms with Crippen LogP contribution >= 0.6 is 11.6 Å². The van der Waals surface area contributed by atoms with Gasteiger partial charge in [0.2, 0.25) is 0 Å². The Morgan fingerprint density at radius 3 is 2.44 bits per heavy atom. The van der Waals surface area contributed by atoms with Crippen molar-refractivity contribution in [3.05, 3.63) is 65.5 Å². The Kier molecular flexibility index (Phi) is 3.19. The summed E-state index contributed by atoms with van der Waals surface area (Å²) in [6, 6.07) is 13.1. The Balaban J connectivity index is 2.28. The fourth-order valence-electron chi connectivity index (χ4n) is 1.44. The Hall–Kier alpha value is -1.85. The van der Waals surface area contributed by atoms with Crippen molar-refractivity contribution in [3.63, 3.8) is 0 Å². The zero-order valence-electron chi connectivity index (χ0n) is 8.47. The Labute approximate surface area is 99.1 Å². The molecular weight excluding hydrogens is 220 g/mol. The summed E-state index contributed by atoms with van der Waals surface area (Å²) < 4.78 is 0. The summed E-state index contributed by atoms with van der Waals surface area (Å²) in [6.07, 6.45) is 3.46. The molecule has 16 heavy (non-hydrogen) atoms. The molecule has 0 amide bonds. The standard InChI is InChI=1S/C13H9ClN2/c14-13(12-2-1-7-16-9-12)11-5-3-10(8-15)4-6-11/h1-7,9,13H. The summed E-state index contributed by atoms with van der Waals surface area (Å²) in [5, 5.41) is 8.47. The number of nitrogens with zero attached hydrogens (tertiary/aromatic N) is 2. The van der Waals surface area contributed by atoms with Gasteiger partial charge in [-0.3, -0.25) is 4.98 Å². The second kappa shape index (κ2) is 4.78. The number of rotatable bonds is 2. The molecule has 0 N–H and O–H groups in total. The highest BCUT2D eigenvalue weighted by Crippen LogP contribution is 2.27. The average Bonchev–Trinajstić information content (AvgIpc) is 2.39. The van der Waals surface area contributed by atoms with Crippen molar-refractivity contribution in [2.45, 2.75) is 5.38 Å². The predicted molar refractivity (Wildman–Crippen MR) is 63.1 cm³/mol. The lowest BCUT2D eigenvalue weighted by Crippen LogP contribution is -1.93. The van der Waals surface area contributed by atoms with Crippen LogP contribution in [0.15, 0.2) is 48.8 Å². The lowest BCUT2D eigenvalue weighted by molar-refractivity contribution is 1.10. The van der Waals surface area contributed by atoms with E-state index >= 15 is 0 Å². The first kappa shape index (κ1) is 10.7. The number of nitriles is 1. The average molecular weight is 229 g/mol. The molecule has 0 spiro atoms. The highest BCUT2D eigenvalue weighted by Gasteiger charge is 2.10. The Bertz CT molecular complexity index is 500. The highest BCUT2D eigenvalue weighted by atomic mass is 35.5. The van der Waals surface area contributed by atoms with Crippen molar-refractivity contribution in [3.8, 4) is 6.07 Å². The molecule has 0 saturated heterocycles. The number of alkyl halides is 1. The number of benzene rings is 1. The molecule has 78 valence electrons. The predicted octanol–water partition coefficient (Wildman–Crippen LogP) is 3.28. The molecular formula is C13H9ClN2. The second-order valence-electron chi connectivity index (χ2n) is 3.38. The zero-order valence-corrected chi connectivity index (χ0v) is 9.22. The number of aromatic nitrogens is 1. The number of halogens is 1. The van der Waals surface area contributed by atoms with Crippen LogP contribution in [0.2, 0.25) is 0 Å². The van der Waals surface area contributed by atoms with Gasteiger partial charge in [-0.1, -0.05) is 18.2 Å². The lowest BCUT2D eigenvalue weighted by atomic mass is 10.0. The van der Waals surface area contributed by atoms with Gasteiger partial charge in [-0.25, -0.2) is 0 Å². The van der Waals surface area contributed by atoms with Crippen molar-refractivity contribution in [2.75, 3.05) is 0 Å². The lowest BCUT2D eigenvalue weighted by Gasteiger charge is -2.09. The third-order valence-electron chi connectivity index (χ3n) is 2.31. The van der Waals surface area contributed by atoms with E-state index in [2.05, 4.69) is 11.1 Å². The largest absolute Gasteiger partial charge is 0.264 e. The molecule has 0 aliphatic carbocycles. The topological polar surface area (TPSA) is 36.7 Å². The van der Waals surface area contributed by atoms with Crippen LogP contribution in [0.5, 0.6) is 0 Å². The Morgan fingerprint density at radius 2 is 1.88 bits per heavy atom. The molecule has 2 nitrogen and oxygen atoms in total. The van der Waals surface area contributed by atoms with Crippen LogP contribution in [0.25, 0.3) is 0 Å². The van der Waals surface area contributed by atoms with E-state index in [1.807, 2.05) is 24.3 Å². The third-order valence-corrected chi connectivity index (χ3v) is 2.81. The summed E-state index contributed by atoms with van der Waals surface area (Å²) in [7, 11) is 0. The molecule has 2 rings (SSSR count). The summed E-state index contributed by atoms with van der Waals surface area (Å²) in [5.41, 5.74) is 2.56. The van der Waals surface area contributed by atoms with Crippen molar-refractivity contribution in [1.82, 2.24) is 4.98 Å². The summed E-state index contributed by atoms with van der Waals surface area (Å²) in [5.74, 6) is 0. The number of hydrogen-bond acceptors (Lipinski definition) is 2. The Morgan fingerprint density at radius 1 is 1.12 bits per heavy atom. The normalized spacial score (nSPS) is 11.8. The SMILES string of the molecule is N#Cc1ccc(C(Cl)c2cccnc2)cc1. The van der Waals surface area contributed by atoms with Crippen molar-refractivity contribution < 1.29 is 0 Å². The van der Waals surface area contributed by atoms with Gasteiger partial charge in [-0.05, 0) is 29.3 Å². The molecule has 0 fully saturated rings. The van der Waals surface area contributed by atoms with Gasteiger partial charge in [0.25, 0.3) is 0 Å². The highest BCUT2D eigenvalue weighted by molar-refractivity contribution is 6.22. The van der Waals surface area contributed by atoms with Gasteiger partial charge in [0.15, 0.2) is 0 Å². The molecule has 0 radical (unpaired) electrons. The first-order valence-corrected chi connectivity index (χ1v) is 5.29. The molecule has 1 unspecified atom stereocenters. The van der Waals surface area contributed by atoms with E-state index in [-0.39, 0.29) is 5.38 Å². The van der Waals surface area contributed by atoms with E-state index < -0.39 is 0 Å². The van der Waals surface area contributed by atoms with Gasteiger partial charge < -0.3 is 0 Å². The number of hydrogen-bond donors (Lipinski definition) is 0. The zero-order chi connectivity index (χ0) is 11.4. The van der Waals surface area contributed by atoms with E-state index in [1.165, 1.54) is 0 Å². The van der Waals surface area contributed by atoms with Gasteiger partial charge in [-0.2, -0.15) is 5.26 Å². The van der Waals surface area contributed by atoms with Crippen LogP contribution in [-0.2, 0) is 0 Å². The fraction of sp³-hybridized carbons (Fsp3) is 0.0769. The molecule has 3 heteroatoms. The molecule has 1 aromatic heterocycles. The smallest absolute Gasteiger partial charge is 0.0991 e. The van der Waals surface area contributed by atoms with E-state index in [0.717, 1.165) is 11.1 Å². The van der Waals surface area contributed by atoms with Gasteiger partial charge in [0, 0.05) is 12.4 Å². The monoisotopic (exact) mass is 228 g/mol. The molecule has 1 aromatic carbocycles. The van der Waals surface area contributed by atoms with Crippen LogP contribution < -0.4 is 0 Å². The quantitative estimate of drug-likeness (QED) is 0.740. The van der Waals surface area contributed by atoms with E-state index in [0.29, 0.717) is 5.56 Å². The first-order chi connectivity index (χ1) is 7.81. The van der Waals surface area contributed by atoms with Crippen LogP contribution in [0, 0.1) is 11.3 Å². The van der Waals surface area contributed by atoms with Crippen molar-refractivity contribution in [2.24, 2.45) is 0 Å². The summed E-state index contributed by atoms with van der Waals surface area (Å²) in [4.78, 5) is 4.03. The molecule has 0 saturated carbocycles. The van der Waals surface area contributed by atoms with Crippen molar-refractivity contribution in [1.29, 1.82) is 5.26 Å². The maximum absolute atomic E-state index is 8.69. The second-order valence-corrected chi connectivity index (χ2v) is 3.82. The molecule has 1 atom stereocenters. The van der Waals surface area contributed by atoms with Crippen molar-refractivity contribution >= 4 is 11.6 Å². The molecule has 0 aliphatic heterocycles. The van der Waals surface area contributed by atoms with Gasteiger partial charge in [0.05, 0.1) is 17.0 Å². The van der Waals surface area contributed by atoms with E-state index in [4.69, 9.17) is 16.9 Å². The van der Waals surface area contributed by atoms with Gasteiger partial charge >= 0.3 is 0 Å². The molecule has 0 aliphatic rings. The van der Waals surface area contributed by atoms with Gasteiger partial charge in [-0.15, -0.1) is 11.6 Å². The minimum Gasteiger partial charge on any atom is -0.264 e. The molecule has 1 heterocycles. The maximum Gasteiger partial charge on any atom is 0.0991 e.